The summed E-state index contributed by atoms with van der Waals surface area (Å²) in [6, 6.07) is 4.05. The van der Waals surface area contributed by atoms with Gasteiger partial charge >= 0.3 is 0 Å². The zero-order chi connectivity index (χ0) is 18.2. The van der Waals surface area contributed by atoms with E-state index < -0.39 is 0 Å². The van der Waals surface area contributed by atoms with Crippen LogP contribution in [0, 0.1) is 5.92 Å². The van der Waals surface area contributed by atoms with E-state index in [1.165, 1.54) is 12.8 Å². The molecule has 0 radical (unpaired) electrons. The maximum Gasteiger partial charge on any atom is 0.223 e. The zero-order valence-corrected chi connectivity index (χ0v) is 15.6. The number of anilines is 1. The number of morpholine rings is 1. The van der Waals surface area contributed by atoms with Gasteiger partial charge < -0.3 is 14.5 Å². The van der Waals surface area contributed by atoms with E-state index in [0.717, 1.165) is 56.3 Å². The van der Waals surface area contributed by atoms with Crippen LogP contribution in [0.5, 0.6) is 0 Å². The van der Waals surface area contributed by atoms with Gasteiger partial charge in [-0.15, -0.1) is 15.3 Å². The SMILES string of the molecule is O=C(CC1CCN(c2ccc3nnc(C4CC4)n3n2)CC1)N1CCOCC1. The summed E-state index contributed by atoms with van der Waals surface area (Å²) in [4.78, 5) is 16.7. The second-order valence-corrected chi connectivity index (χ2v) is 7.92. The van der Waals surface area contributed by atoms with Gasteiger partial charge in [-0.1, -0.05) is 0 Å². The Morgan fingerprint density at radius 3 is 2.56 bits per heavy atom. The highest BCUT2D eigenvalue weighted by molar-refractivity contribution is 5.76. The highest BCUT2D eigenvalue weighted by atomic mass is 16.5. The Bertz CT molecular complexity index is 819. The largest absolute Gasteiger partial charge is 0.378 e. The van der Waals surface area contributed by atoms with Gasteiger partial charge in [-0.3, -0.25) is 4.79 Å². The summed E-state index contributed by atoms with van der Waals surface area (Å²) in [6.07, 6.45) is 5.11. The average Bonchev–Trinajstić information content (AvgIpc) is 3.48. The molecule has 1 aliphatic carbocycles. The number of amides is 1. The van der Waals surface area contributed by atoms with Gasteiger partial charge in [-0.25, -0.2) is 0 Å². The Labute approximate surface area is 158 Å². The Balaban J connectivity index is 1.21. The van der Waals surface area contributed by atoms with E-state index in [2.05, 4.69) is 15.1 Å². The van der Waals surface area contributed by atoms with E-state index in [-0.39, 0.29) is 5.91 Å². The average molecular weight is 370 g/mol. The smallest absolute Gasteiger partial charge is 0.223 e. The van der Waals surface area contributed by atoms with Gasteiger partial charge in [0.25, 0.3) is 0 Å². The summed E-state index contributed by atoms with van der Waals surface area (Å²) in [6.45, 7) is 4.71. The molecule has 27 heavy (non-hydrogen) atoms. The van der Waals surface area contributed by atoms with Crippen LogP contribution < -0.4 is 4.90 Å². The van der Waals surface area contributed by atoms with Crippen LogP contribution in [0.2, 0.25) is 0 Å². The van der Waals surface area contributed by atoms with Crippen molar-refractivity contribution in [3.63, 3.8) is 0 Å². The van der Waals surface area contributed by atoms with Gasteiger partial charge in [0.1, 0.15) is 5.82 Å². The number of rotatable bonds is 4. The second kappa shape index (κ2) is 7.07. The molecule has 1 amide bonds. The minimum absolute atomic E-state index is 0.287. The predicted octanol–water partition coefficient (Wildman–Crippen LogP) is 1.47. The molecule has 144 valence electrons. The van der Waals surface area contributed by atoms with E-state index >= 15 is 0 Å². The number of hydrogen-bond acceptors (Lipinski definition) is 6. The number of carbonyl (C=O) groups excluding carboxylic acids is 1. The molecule has 0 unspecified atom stereocenters. The molecular formula is C19H26N6O2. The van der Waals surface area contributed by atoms with E-state index in [1.807, 2.05) is 21.5 Å². The van der Waals surface area contributed by atoms with Gasteiger partial charge in [0.15, 0.2) is 11.5 Å². The van der Waals surface area contributed by atoms with Crippen molar-refractivity contribution < 1.29 is 9.53 Å². The first-order chi connectivity index (χ1) is 13.3. The molecule has 0 N–H and O–H groups in total. The first kappa shape index (κ1) is 16.9. The number of nitrogens with zero attached hydrogens (tertiary/aromatic N) is 6. The maximum absolute atomic E-state index is 12.5. The third-order valence-corrected chi connectivity index (χ3v) is 5.98. The van der Waals surface area contributed by atoms with Crippen molar-refractivity contribution in [1.82, 2.24) is 24.7 Å². The summed E-state index contributed by atoms with van der Waals surface area (Å²) in [5.74, 6) is 3.27. The monoisotopic (exact) mass is 370 g/mol. The quantitative estimate of drug-likeness (QED) is 0.811. The van der Waals surface area contributed by atoms with Crippen molar-refractivity contribution in [2.75, 3.05) is 44.3 Å². The third kappa shape index (κ3) is 3.50. The molecule has 0 bridgehead atoms. The lowest BCUT2D eigenvalue weighted by Crippen LogP contribution is -2.42. The predicted molar refractivity (Wildman–Crippen MR) is 99.7 cm³/mol. The molecule has 1 saturated carbocycles. The van der Waals surface area contributed by atoms with Crippen molar-refractivity contribution in [1.29, 1.82) is 0 Å². The summed E-state index contributed by atoms with van der Waals surface area (Å²) in [5, 5.41) is 13.4. The fourth-order valence-electron chi connectivity index (χ4n) is 4.12. The number of aromatic nitrogens is 4. The van der Waals surface area contributed by atoms with Gasteiger partial charge in [-0.05, 0) is 43.7 Å². The first-order valence-corrected chi connectivity index (χ1v) is 10.1. The molecule has 5 rings (SSSR count). The van der Waals surface area contributed by atoms with E-state index in [1.54, 1.807) is 0 Å². The molecule has 3 aliphatic rings. The number of piperidine rings is 1. The lowest BCUT2D eigenvalue weighted by atomic mass is 9.93. The zero-order valence-electron chi connectivity index (χ0n) is 15.6. The highest BCUT2D eigenvalue weighted by Crippen LogP contribution is 2.38. The Hall–Kier alpha value is -2.22. The van der Waals surface area contributed by atoms with Crippen molar-refractivity contribution in [2.24, 2.45) is 5.92 Å². The molecule has 4 heterocycles. The van der Waals surface area contributed by atoms with Crippen LogP contribution in [0.15, 0.2) is 12.1 Å². The van der Waals surface area contributed by atoms with E-state index in [4.69, 9.17) is 9.84 Å². The normalized spacial score (nSPS) is 21.8. The van der Waals surface area contributed by atoms with Crippen LogP contribution in [0.25, 0.3) is 5.65 Å². The maximum atomic E-state index is 12.5. The molecule has 0 aromatic carbocycles. The molecule has 2 saturated heterocycles. The number of fused-ring (bicyclic) bond motifs is 1. The molecule has 2 aromatic heterocycles. The lowest BCUT2D eigenvalue weighted by Gasteiger charge is -2.34. The Kier molecular flexibility index (Phi) is 4.43. The molecule has 2 aromatic rings. The van der Waals surface area contributed by atoms with Crippen LogP contribution in [0.4, 0.5) is 5.82 Å². The van der Waals surface area contributed by atoms with Gasteiger partial charge in [0, 0.05) is 38.5 Å². The molecule has 2 aliphatic heterocycles. The topological polar surface area (TPSA) is 75.9 Å². The van der Waals surface area contributed by atoms with Crippen molar-refractivity contribution in [3.8, 4) is 0 Å². The summed E-state index contributed by atoms with van der Waals surface area (Å²) >= 11 is 0. The summed E-state index contributed by atoms with van der Waals surface area (Å²) in [5.41, 5.74) is 0.826. The van der Waals surface area contributed by atoms with Crippen molar-refractivity contribution in [2.45, 2.75) is 38.0 Å². The molecule has 0 atom stereocenters. The summed E-state index contributed by atoms with van der Waals surface area (Å²) in [7, 11) is 0. The second-order valence-electron chi connectivity index (χ2n) is 7.92. The minimum atomic E-state index is 0.287. The van der Waals surface area contributed by atoms with Gasteiger partial charge in [-0.2, -0.15) is 4.52 Å². The van der Waals surface area contributed by atoms with Crippen LogP contribution in [0.1, 0.15) is 43.8 Å². The van der Waals surface area contributed by atoms with E-state index in [0.29, 0.717) is 31.5 Å². The fraction of sp³-hybridized carbons (Fsp3) is 0.684. The van der Waals surface area contributed by atoms with Crippen molar-refractivity contribution >= 4 is 17.4 Å². The molecule has 3 fully saturated rings. The standard InChI is InChI=1S/C19H26N6O2/c26-18(24-9-11-27-12-10-24)13-14-5-7-23(8-6-14)17-4-3-16-20-21-19(15-1-2-15)25(16)22-17/h3-4,14-15H,1-2,5-13H2. The highest BCUT2D eigenvalue weighted by Gasteiger charge is 2.30. The molecule has 8 nitrogen and oxygen atoms in total. The Morgan fingerprint density at radius 1 is 1.04 bits per heavy atom. The number of ether oxygens (including phenoxy) is 1. The molecule has 0 spiro atoms. The fourth-order valence-corrected chi connectivity index (χ4v) is 4.12. The molecule has 8 heteroatoms. The number of carbonyl (C=O) groups is 1. The van der Waals surface area contributed by atoms with Crippen LogP contribution in [0.3, 0.4) is 0 Å². The van der Waals surface area contributed by atoms with E-state index in [9.17, 15) is 4.79 Å². The Morgan fingerprint density at radius 2 is 1.81 bits per heavy atom. The lowest BCUT2D eigenvalue weighted by molar-refractivity contribution is -0.136. The van der Waals surface area contributed by atoms with Crippen LogP contribution in [-0.4, -0.2) is 70.0 Å². The first-order valence-electron chi connectivity index (χ1n) is 10.1. The minimum Gasteiger partial charge on any atom is -0.378 e. The van der Waals surface area contributed by atoms with Crippen molar-refractivity contribution in [3.05, 3.63) is 18.0 Å². The van der Waals surface area contributed by atoms with Crippen LogP contribution in [-0.2, 0) is 9.53 Å². The molecular weight excluding hydrogens is 344 g/mol. The number of hydrogen-bond donors (Lipinski definition) is 0. The summed E-state index contributed by atoms with van der Waals surface area (Å²) < 4.78 is 7.25. The van der Waals surface area contributed by atoms with Crippen LogP contribution >= 0.6 is 0 Å². The third-order valence-electron chi connectivity index (χ3n) is 5.98. The van der Waals surface area contributed by atoms with Gasteiger partial charge in [0.05, 0.1) is 13.2 Å². The van der Waals surface area contributed by atoms with Gasteiger partial charge in [0.2, 0.25) is 5.91 Å².